The van der Waals surface area contributed by atoms with E-state index in [2.05, 4.69) is 25.1 Å². The summed E-state index contributed by atoms with van der Waals surface area (Å²) in [6, 6.07) is 1.02. The van der Waals surface area contributed by atoms with Gasteiger partial charge in [-0.1, -0.05) is 20.8 Å². The van der Waals surface area contributed by atoms with Crippen molar-refractivity contribution < 1.29 is 14.7 Å². The molecule has 1 aromatic heterocycles. The molecule has 2 rings (SSSR count). The standard InChI is InChI=1S/C12H19N3O3S/c1-7-10(16)14(11(17)15(7)18-5)9-6-8(19-13-9)12(2,3)4/h6-7,10,16H,1-5H3. The minimum absolute atomic E-state index is 0.0315. The molecule has 0 aliphatic carbocycles. The van der Waals surface area contributed by atoms with Gasteiger partial charge in [0.05, 0.1) is 7.11 Å². The SMILES string of the molecule is CON1C(=O)N(c2cc(C(C)(C)C)sn2)C(O)C1C. The number of nitrogens with zero attached hydrogens (tertiary/aromatic N) is 3. The van der Waals surface area contributed by atoms with Gasteiger partial charge in [-0.2, -0.15) is 9.44 Å². The number of aromatic nitrogens is 1. The summed E-state index contributed by atoms with van der Waals surface area (Å²) in [5, 5.41) is 11.3. The van der Waals surface area contributed by atoms with E-state index in [0.717, 1.165) is 9.94 Å². The molecule has 0 saturated carbocycles. The normalized spacial score (nSPS) is 24.4. The summed E-state index contributed by atoms with van der Waals surface area (Å²) in [6.45, 7) is 7.97. The fraction of sp³-hybridized carbons (Fsp3) is 0.667. The molecule has 1 aliphatic rings. The number of aliphatic hydroxyl groups is 1. The summed E-state index contributed by atoms with van der Waals surface area (Å²) in [5.74, 6) is 0.471. The van der Waals surface area contributed by atoms with Crippen molar-refractivity contribution in [3.8, 4) is 0 Å². The fourth-order valence-corrected chi connectivity index (χ4v) is 2.71. The van der Waals surface area contributed by atoms with E-state index in [-0.39, 0.29) is 5.41 Å². The van der Waals surface area contributed by atoms with E-state index < -0.39 is 18.3 Å². The molecule has 0 aromatic carbocycles. The maximum atomic E-state index is 12.1. The molecule has 1 saturated heterocycles. The van der Waals surface area contributed by atoms with Crippen LogP contribution in [0, 0.1) is 0 Å². The number of anilines is 1. The van der Waals surface area contributed by atoms with Crippen LogP contribution in [0.4, 0.5) is 10.6 Å². The number of hydrogen-bond donors (Lipinski definition) is 1. The molecule has 1 N–H and O–H groups in total. The van der Waals surface area contributed by atoms with Gasteiger partial charge in [0.25, 0.3) is 0 Å². The van der Waals surface area contributed by atoms with Crippen LogP contribution in [0.3, 0.4) is 0 Å². The molecule has 2 atom stereocenters. The molecule has 2 heterocycles. The lowest BCUT2D eigenvalue weighted by Gasteiger charge is -2.17. The first-order valence-corrected chi connectivity index (χ1v) is 6.86. The summed E-state index contributed by atoms with van der Waals surface area (Å²) >= 11 is 1.34. The molecule has 2 amide bonds. The molecule has 7 heteroatoms. The first kappa shape index (κ1) is 14.2. The average molecular weight is 285 g/mol. The molecule has 106 valence electrons. The molecular formula is C12H19N3O3S. The van der Waals surface area contributed by atoms with Gasteiger partial charge in [-0.15, -0.1) is 0 Å². The first-order valence-electron chi connectivity index (χ1n) is 6.09. The van der Waals surface area contributed by atoms with Gasteiger partial charge in [-0.25, -0.2) is 9.69 Å². The van der Waals surface area contributed by atoms with Crippen molar-refractivity contribution in [3.05, 3.63) is 10.9 Å². The Morgan fingerprint density at radius 3 is 2.53 bits per heavy atom. The van der Waals surface area contributed by atoms with Crippen LogP contribution in [0.2, 0.25) is 0 Å². The second-order valence-electron chi connectivity index (χ2n) is 5.61. The van der Waals surface area contributed by atoms with Gasteiger partial charge in [0.2, 0.25) is 0 Å². The molecular weight excluding hydrogens is 266 g/mol. The quantitative estimate of drug-likeness (QED) is 0.902. The summed E-state index contributed by atoms with van der Waals surface area (Å²) in [6.07, 6.45) is -0.956. The van der Waals surface area contributed by atoms with Gasteiger partial charge >= 0.3 is 6.03 Å². The maximum Gasteiger partial charge on any atom is 0.352 e. The number of urea groups is 1. The Morgan fingerprint density at radius 1 is 1.47 bits per heavy atom. The van der Waals surface area contributed by atoms with Gasteiger partial charge in [0.1, 0.15) is 6.04 Å². The zero-order valence-corrected chi connectivity index (χ0v) is 12.6. The summed E-state index contributed by atoms with van der Waals surface area (Å²) in [7, 11) is 1.41. The van der Waals surface area contributed by atoms with Gasteiger partial charge in [0, 0.05) is 4.88 Å². The van der Waals surface area contributed by atoms with Crippen LogP contribution < -0.4 is 4.90 Å². The second kappa shape index (κ2) is 4.73. The molecule has 6 nitrogen and oxygen atoms in total. The third kappa shape index (κ3) is 2.33. The van der Waals surface area contributed by atoms with Gasteiger partial charge < -0.3 is 5.11 Å². The topological polar surface area (TPSA) is 65.9 Å². The van der Waals surface area contributed by atoms with Crippen LogP contribution in [0.5, 0.6) is 0 Å². The first-order chi connectivity index (χ1) is 8.77. The van der Waals surface area contributed by atoms with E-state index in [1.54, 1.807) is 6.92 Å². The minimum Gasteiger partial charge on any atom is -0.371 e. The molecule has 0 radical (unpaired) electrons. The monoisotopic (exact) mass is 285 g/mol. The van der Waals surface area contributed by atoms with Crippen molar-refractivity contribution in [2.45, 2.75) is 45.4 Å². The Kier molecular flexibility index (Phi) is 3.55. The zero-order chi connectivity index (χ0) is 14.4. The Morgan fingerprint density at radius 2 is 2.11 bits per heavy atom. The lowest BCUT2D eigenvalue weighted by molar-refractivity contribution is -0.111. The van der Waals surface area contributed by atoms with Crippen LogP contribution >= 0.6 is 11.5 Å². The average Bonchev–Trinajstić information content (AvgIpc) is 2.85. The van der Waals surface area contributed by atoms with Crippen molar-refractivity contribution in [3.63, 3.8) is 0 Å². The Bertz CT molecular complexity index is 483. The Hall–Kier alpha value is -1.18. The summed E-state index contributed by atoms with van der Waals surface area (Å²) < 4.78 is 4.27. The number of carbonyl (C=O) groups is 1. The highest BCUT2D eigenvalue weighted by Gasteiger charge is 2.45. The fourth-order valence-electron chi connectivity index (χ4n) is 1.94. The summed E-state index contributed by atoms with van der Waals surface area (Å²) in [5.41, 5.74) is -0.0315. The Balaban J connectivity index is 2.32. The molecule has 19 heavy (non-hydrogen) atoms. The number of hydrogen-bond acceptors (Lipinski definition) is 5. The molecule has 0 bridgehead atoms. The molecule has 1 fully saturated rings. The van der Waals surface area contributed by atoms with E-state index in [1.165, 1.54) is 23.5 Å². The van der Waals surface area contributed by atoms with Crippen LogP contribution in [-0.4, -0.2) is 40.0 Å². The van der Waals surface area contributed by atoms with Crippen molar-refractivity contribution in [1.82, 2.24) is 9.44 Å². The van der Waals surface area contributed by atoms with Gasteiger partial charge in [0.15, 0.2) is 12.0 Å². The molecule has 2 unspecified atom stereocenters. The van der Waals surface area contributed by atoms with E-state index in [0.29, 0.717) is 5.82 Å². The van der Waals surface area contributed by atoms with Crippen LogP contribution in [0.25, 0.3) is 0 Å². The Labute approximate surface area is 116 Å². The number of amides is 2. The lowest BCUT2D eigenvalue weighted by Crippen LogP contribution is -2.35. The highest BCUT2D eigenvalue weighted by molar-refractivity contribution is 7.06. The van der Waals surface area contributed by atoms with Crippen molar-refractivity contribution >= 4 is 23.4 Å². The zero-order valence-electron chi connectivity index (χ0n) is 11.7. The maximum absolute atomic E-state index is 12.1. The van der Waals surface area contributed by atoms with Crippen LogP contribution in [-0.2, 0) is 10.3 Å². The minimum atomic E-state index is -0.956. The van der Waals surface area contributed by atoms with Gasteiger partial charge in [-0.05, 0) is 29.9 Å². The van der Waals surface area contributed by atoms with Crippen molar-refractivity contribution in [1.29, 1.82) is 0 Å². The van der Waals surface area contributed by atoms with Crippen molar-refractivity contribution in [2.75, 3.05) is 12.0 Å². The lowest BCUT2D eigenvalue weighted by atomic mass is 9.95. The van der Waals surface area contributed by atoms with Crippen molar-refractivity contribution in [2.24, 2.45) is 0 Å². The van der Waals surface area contributed by atoms with Crippen LogP contribution in [0.1, 0.15) is 32.6 Å². The predicted molar refractivity (Wildman–Crippen MR) is 73.0 cm³/mol. The van der Waals surface area contributed by atoms with E-state index in [9.17, 15) is 9.90 Å². The van der Waals surface area contributed by atoms with E-state index >= 15 is 0 Å². The molecule has 1 aromatic rings. The molecule has 0 spiro atoms. The summed E-state index contributed by atoms with van der Waals surface area (Å²) in [4.78, 5) is 19.5. The largest absolute Gasteiger partial charge is 0.371 e. The third-order valence-electron chi connectivity index (χ3n) is 3.14. The van der Waals surface area contributed by atoms with E-state index in [1.807, 2.05) is 6.07 Å². The number of carbonyl (C=O) groups excluding carboxylic acids is 1. The third-order valence-corrected chi connectivity index (χ3v) is 4.35. The highest BCUT2D eigenvalue weighted by atomic mass is 32.1. The van der Waals surface area contributed by atoms with E-state index in [4.69, 9.17) is 4.84 Å². The highest BCUT2D eigenvalue weighted by Crippen LogP contribution is 2.33. The number of hydroxylamine groups is 2. The van der Waals surface area contributed by atoms with Gasteiger partial charge in [-0.3, -0.25) is 4.84 Å². The number of aliphatic hydroxyl groups excluding tert-OH is 1. The smallest absolute Gasteiger partial charge is 0.352 e. The molecule has 1 aliphatic heterocycles. The number of rotatable bonds is 2. The van der Waals surface area contributed by atoms with Crippen LogP contribution in [0.15, 0.2) is 6.07 Å². The predicted octanol–water partition coefficient (Wildman–Crippen LogP) is 1.95. The second-order valence-corrected chi connectivity index (χ2v) is 6.42.